The van der Waals surface area contributed by atoms with Crippen molar-refractivity contribution in [2.75, 3.05) is 18.4 Å². The number of anilines is 1. The number of fused-ring (bicyclic) bond motifs is 1. The van der Waals surface area contributed by atoms with Crippen LogP contribution in [0.2, 0.25) is 0 Å². The highest BCUT2D eigenvalue weighted by Crippen LogP contribution is 2.40. The van der Waals surface area contributed by atoms with Crippen molar-refractivity contribution < 1.29 is 4.79 Å². The minimum absolute atomic E-state index is 0.0481. The number of hydrogen-bond donors (Lipinski definition) is 3. The van der Waals surface area contributed by atoms with E-state index in [2.05, 4.69) is 18.1 Å². The number of benzene rings is 1. The summed E-state index contributed by atoms with van der Waals surface area (Å²) in [4.78, 5) is 11.8. The predicted octanol–water partition coefficient (Wildman–Crippen LogP) is 1.65. The smallest absolute Gasteiger partial charge is 0.325 e. The van der Waals surface area contributed by atoms with Crippen LogP contribution in [0, 0.1) is 6.92 Å². The third-order valence-corrected chi connectivity index (χ3v) is 3.18. The number of thiol groups is 1. The first-order valence-corrected chi connectivity index (χ1v) is 5.21. The number of nitrogens with zero attached hydrogens (tertiary/aromatic N) is 1. The number of quaternary nitrogens is 1. The first kappa shape index (κ1) is 10.5. The number of carbonyl (C=O) groups excluding carboxylic acids is 1. The SMILES string of the molecule is Cc1ccc2c(c1)[N+](S)(CCN)C(=O)N2. The molecule has 15 heavy (non-hydrogen) atoms. The Balaban J connectivity index is 2.52. The Morgan fingerprint density at radius 3 is 2.93 bits per heavy atom. The van der Waals surface area contributed by atoms with E-state index in [4.69, 9.17) is 5.73 Å². The zero-order valence-electron chi connectivity index (χ0n) is 8.53. The molecule has 0 spiro atoms. The lowest BCUT2D eigenvalue weighted by molar-refractivity contribution is 0.241. The Hall–Kier alpha value is -1.04. The van der Waals surface area contributed by atoms with E-state index in [1.807, 2.05) is 25.1 Å². The van der Waals surface area contributed by atoms with Crippen molar-refractivity contribution in [1.29, 1.82) is 0 Å². The van der Waals surface area contributed by atoms with E-state index in [1.54, 1.807) is 0 Å². The lowest BCUT2D eigenvalue weighted by atomic mass is 10.2. The van der Waals surface area contributed by atoms with Gasteiger partial charge in [0.2, 0.25) is 0 Å². The average Bonchev–Trinajstić information content (AvgIpc) is 2.42. The van der Waals surface area contributed by atoms with Gasteiger partial charge >= 0.3 is 6.03 Å². The molecule has 1 heterocycles. The molecule has 0 fully saturated rings. The quantitative estimate of drug-likeness (QED) is 0.528. The number of rotatable bonds is 2. The van der Waals surface area contributed by atoms with Gasteiger partial charge in [-0.15, -0.1) is 3.89 Å². The molecule has 2 amide bonds. The van der Waals surface area contributed by atoms with Crippen molar-refractivity contribution in [1.82, 2.24) is 3.89 Å². The molecule has 1 aromatic rings. The summed E-state index contributed by atoms with van der Waals surface area (Å²) in [5.41, 5.74) is 8.33. The van der Waals surface area contributed by atoms with Crippen molar-refractivity contribution in [3.63, 3.8) is 0 Å². The molecular weight excluding hydrogens is 210 g/mol. The summed E-state index contributed by atoms with van der Waals surface area (Å²) in [6.45, 7) is 2.90. The van der Waals surface area contributed by atoms with Crippen LogP contribution in [0.25, 0.3) is 0 Å². The second kappa shape index (κ2) is 3.52. The van der Waals surface area contributed by atoms with Gasteiger partial charge in [-0.05, 0) is 18.6 Å². The molecule has 0 aromatic heterocycles. The van der Waals surface area contributed by atoms with Gasteiger partial charge in [0.1, 0.15) is 12.2 Å². The van der Waals surface area contributed by atoms with E-state index < -0.39 is 0 Å². The molecule has 2 rings (SSSR count). The maximum Gasteiger partial charge on any atom is 0.437 e. The first-order valence-electron chi connectivity index (χ1n) is 4.81. The molecule has 80 valence electrons. The molecule has 0 radical (unpaired) electrons. The molecular formula is C10H14N3OS+. The standard InChI is InChI=1S/C10H13N3OS/c1-7-2-3-8-9(6-7)13(15,5-4-11)10(14)12-8/h2-3,6,15H,4-5,11H2,1H3/p+1. The van der Waals surface area contributed by atoms with E-state index in [1.165, 1.54) is 0 Å². The fourth-order valence-electron chi connectivity index (χ4n) is 1.78. The van der Waals surface area contributed by atoms with Crippen molar-refractivity contribution in [2.24, 2.45) is 5.73 Å². The van der Waals surface area contributed by atoms with Crippen LogP contribution in [0.4, 0.5) is 16.2 Å². The highest BCUT2D eigenvalue weighted by atomic mass is 32.1. The molecule has 1 atom stereocenters. The largest absolute Gasteiger partial charge is 0.437 e. The zero-order chi connectivity index (χ0) is 11.1. The first-order chi connectivity index (χ1) is 7.08. The Morgan fingerprint density at radius 2 is 2.27 bits per heavy atom. The summed E-state index contributed by atoms with van der Waals surface area (Å²) in [5.74, 6) is 0. The summed E-state index contributed by atoms with van der Waals surface area (Å²) in [6.07, 6.45) is 0. The van der Waals surface area contributed by atoms with Gasteiger partial charge in [-0.1, -0.05) is 6.07 Å². The normalized spacial score (nSPS) is 23.8. The Morgan fingerprint density at radius 1 is 1.53 bits per heavy atom. The van der Waals surface area contributed by atoms with Crippen LogP contribution < -0.4 is 14.9 Å². The van der Waals surface area contributed by atoms with E-state index in [0.29, 0.717) is 13.1 Å². The van der Waals surface area contributed by atoms with Crippen molar-refractivity contribution in [2.45, 2.75) is 6.92 Å². The summed E-state index contributed by atoms with van der Waals surface area (Å²) < 4.78 is -0.0481. The molecule has 1 aromatic carbocycles. The molecule has 1 aliphatic heterocycles. The highest BCUT2D eigenvalue weighted by molar-refractivity contribution is 7.80. The maximum atomic E-state index is 11.8. The van der Waals surface area contributed by atoms with Crippen LogP contribution in [0.3, 0.4) is 0 Å². The number of carbonyl (C=O) groups is 1. The molecule has 1 aliphatic rings. The molecule has 4 nitrogen and oxygen atoms in total. The lowest BCUT2D eigenvalue weighted by Gasteiger charge is -2.21. The Bertz CT molecular complexity index is 421. The van der Waals surface area contributed by atoms with Crippen LogP contribution >= 0.6 is 12.8 Å². The lowest BCUT2D eigenvalue weighted by Crippen LogP contribution is -2.46. The zero-order valence-corrected chi connectivity index (χ0v) is 9.42. The van der Waals surface area contributed by atoms with Gasteiger partial charge in [0.05, 0.1) is 12.8 Å². The fraction of sp³-hybridized carbons (Fsp3) is 0.300. The van der Waals surface area contributed by atoms with Crippen LogP contribution in [-0.2, 0) is 0 Å². The predicted molar refractivity (Wildman–Crippen MR) is 64.9 cm³/mol. The molecule has 5 heteroatoms. The summed E-state index contributed by atoms with van der Waals surface area (Å²) in [5, 5.41) is 2.80. The molecule has 0 bridgehead atoms. The van der Waals surface area contributed by atoms with Crippen molar-refractivity contribution >= 4 is 30.2 Å². The van der Waals surface area contributed by atoms with Crippen molar-refractivity contribution in [3.8, 4) is 0 Å². The number of urea groups is 1. The topological polar surface area (TPSA) is 55.1 Å². The van der Waals surface area contributed by atoms with Crippen LogP contribution in [0.5, 0.6) is 0 Å². The maximum absolute atomic E-state index is 11.8. The number of nitrogens with two attached hydrogens (primary N) is 1. The van der Waals surface area contributed by atoms with Crippen LogP contribution in [0.1, 0.15) is 5.56 Å². The van der Waals surface area contributed by atoms with E-state index in [9.17, 15) is 4.79 Å². The van der Waals surface area contributed by atoms with Crippen molar-refractivity contribution in [3.05, 3.63) is 23.8 Å². The fourth-order valence-corrected chi connectivity index (χ4v) is 2.11. The van der Waals surface area contributed by atoms with E-state index in [-0.39, 0.29) is 9.92 Å². The van der Waals surface area contributed by atoms with E-state index >= 15 is 0 Å². The van der Waals surface area contributed by atoms with Gasteiger partial charge < -0.3 is 5.73 Å². The second-order valence-corrected chi connectivity index (χ2v) is 4.42. The molecule has 0 aliphatic carbocycles. The van der Waals surface area contributed by atoms with Gasteiger partial charge in [-0.25, -0.2) is 4.79 Å². The third-order valence-electron chi connectivity index (χ3n) is 2.58. The molecule has 3 N–H and O–H groups in total. The van der Waals surface area contributed by atoms with Gasteiger partial charge in [0, 0.05) is 12.6 Å². The van der Waals surface area contributed by atoms with Gasteiger partial charge in [-0.2, -0.15) is 0 Å². The van der Waals surface area contributed by atoms with Gasteiger partial charge in [-0.3, -0.25) is 5.32 Å². The van der Waals surface area contributed by atoms with Crippen LogP contribution in [0.15, 0.2) is 18.2 Å². The van der Waals surface area contributed by atoms with E-state index in [0.717, 1.165) is 16.9 Å². The number of nitrogens with one attached hydrogen (secondary N) is 1. The molecule has 0 saturated carbocycles. The third kappa shape index (κ3) is 1.52. The average molecular weight is 224 g/mol. The monoisotopic (exact) mass is 224 g/mol. The molecule has 0 saturated heterocycles. The summed E-state index contributed by atoms with van der Waals surface area (Å²) in [7, 11) is 0. The minimum Gasteiger partial charge on any atom is -0.325 e. The highest BCUT2D eigenvalue weighted by Gasteiger charge is 2.44. The van der Waals surface area contributed by atoms with Gasteiger partial charge in [0.15, 0.2) is 5.69 Å². The van der Waals surface area contributed by atoms with Gasteiger partial charge in [0.25, 0.3) is 0 Å². The minimum atomic E-state index is -0.135. The Labute approximate surface area is 94.2 Å². The number of aryl methyl sites for hydroxylation is 1. The molecule has 1 unspecified atom stereocenters. The number of hydrogen-bond acceptors (Lipinski definition) is 3. The second-order valence-electron chi connectivity index (χ2n) is 3.73. The van der Waals surface area contributed by atoms with Crippen LogP contribution in [-0.4, -0.2) is 19.1 Å². The summed E-state index contributed by atoms with van der Waals surface area (Å²) in [6, 6.07) is 5.69. The summed E-state index contributed by atoms with van der Waals surface area (Å²) >= 11 is 4.43. The Kier molecular flexibility index (Phi) is 2.46. The number of amides is 2.